The number of halogens is 2. The fraction of sp³-hybridized carbons (Fsp3) is 0. The zero-order valence-electron chi connectivity index (χ0n) is 7.74. The molecule has 5 nitrogen and oxygen atoms in total. The summed E-state index contributed by atoms with van der Waals surface area (Å²) in [5.74, 6) is -2.01. The molecule has 2 aromatic heterocycles. The third-order valence-electron chi connectivity index (χ3n) is 1.94. The van der Waals surface area contributed by atoms with Crippen LogP contribution in [0.25, 0.3) is 11.3 Å². The Morgan fingerprint density at radius 1 is 1.50 bits per heavy atom. The van der Waals surface area contributed by atoms with E-state index in [4.69, 9.17) is 16.7 Å². The molecule has 0 aliphatic rings. The van der Waals surface area contributed by atoms with Gasteiger partial charge in [-0.25, -0.2) is 9.78 Å². The molecule has 0 aliphatic heterocycles. The Hall–Kier alpha value is -1.95. The van der Waals surface area contributed by atoms with Crippen LogP contribution in [-0.4, -0.2) is 26.3 Å². The number of carboxylic acid groups (broad SMARTS) is 1. The van der Waals surface area contributed by atoms with Gasteiger partial charge < -0.3 is 5.11 Å². The first kappa shape index (κ1) is 10.6. The quantitative estimate of drug-likeness (QED) is 0.788. The molecular formula is C9H5ClFN3O2. The third kappa shape index (κ3) is 1.74. The van der Waals surface area contributed by atoms with Gasteiger partial charge in [0.15, 0.2) is 0 Å². The highest BCUT2D eigenvalue weighted by Gasteiger charge is 2.17. The summed E-state index contributed by atoms with van der Waals surface area (Å²) in [7, 11) is 0. The van der Waals surface area contributed by atoms with Gasteiger partial charge in [-0.05, 0) is 6.07 Å². The molecule has 2 heterocycles. The number of carbonyl (C=O) groups is 1. The van der Waals surface area contributed by atoms with E-state index in [9.17, 15) is 9.18 Å². The average molecular weight is 242 g/mol. The van der Waals surface area contributed by atoms with Crippen molar-refractivity contribution in [2.24, 2.45) is 0 Å². The maximum absolute atomic E-state index is 13.4. The van der Waals surface area contributed by atoms with Gasteiger partial charge in [0.2, 0.25) is 5.95 Å². The number of pyridine rings is 1. The largest absolute Gasteiger partial charge is 0.478 e. The number of nitrogens with zero attached hydrogens (tertiary/aromatic N) is 2. The number of hydrogen-bond donors (Lipinski definition) is 2. The number of aromatic nitrogens is 3. The minimum absolute atomic E-state index is 0.0256. The summed E-state index contributed by atoms with van der Waals surface area (Å²) in [6, 6.07) is 1.28. The molecule has 0 amide bonds. The van der Waals surface area contributed by atoms with Crippen molar-refractivity contribution in [2.45, 2.75) is 0 Å². The maximum atomic E-state index is 13.4. The van der Waals surface area contributed by atoms with E-state index in [1.807, 2.05) is 0 Å². The third-order valence-corrected chi connectivity index (χ3v) is 2.15. The maximum Gasteiger partial charge on any atom is 0.339 e. The SMILES string of the molecule is O=C(O)c1cn[nH]c1-c1cc(Cl)cnc1F. The van der Waals surface area contributed by atoms with Crippen molar-refractivity contribution in [3.63, 3.8) is 0 Å². The highest BCUT2D eigenvalue weighted by Crippen LogP contribution is 2.25. The first-order valence-electron chi connectivity index (χ1n) is 4.17. The van der Waals surface area contributed by atoms with Crippen LogP contribution in [-0.2, 0) is 0 Å². The van der Waals surface area contributed by atoms with E-state index < -0.39 is 11.9 Å². The van der Waals surface area contributed by atoms with Crippen LogP contribution >= 0.6 is 11.6 Å². The number of H-pyrrole nitrogens is 1. The molecule has 2 aromatic rings. The average Bonchev–Trinajstić information content (AvgIpc) is 2.70. The fourth-order valence-electron chi connectivity index (χ4n) is 1.25. The second kappa shape index (κ2) is 3.90. The van der Waals surface area contributed by atoms with Crippen LogP contribution in [0.15, 0.2) is 18.5 Å². The van der Waals surface area contributed by atoms with Crippen molar-refractivity contribution < 1.29 is 14.3 Å². The van der Waals surface area contributed by atoms with Crippen molar-refractivity contribution in [3.05, 3.63) is 35.0 Å². The van der Waals surface area contributed by atoms with Crippen LogP contribution in [0.2, 0.25) is 5.02 Å². The molecule has 0 aromatic carbocycles. The molecule has 2 N–H and O–H groups in total. The Kier molecular flexibility index (Phi) is 2.57. The van der Waals surface area contributed by atoms with E-state index in [0.29, 0.717) is 0 Å². The molecule has 0 fully saturated rings. The van der Waals surface area contributed by atoms with Crippen molar-refractivity contribution in [3.8, 4) is 11.3 Å². The minimum atomic E-state index is -1.21. The van der Waals surface area contributed by atoms with Gasteiger partial charge in [0.05, 0.1) is 22.5 Å². The van der Waals surface area contributed by atoms with Crippen LogP contribution < -0.4 is 0 Å². The van der Waals surface area contributed by atoms with Gasteiger partial charge in [-0.3, -0.25) is 5.10 Å². The predicted molar refractivity (Wildman–Crippen MR) is 53.7 cm³/mol. The van der Waals surface area contributed by atoms with Crippen LogP contribution in [0, 0.1) is 5.95 Å². The number of rotatable bonds is 2. The number of hydrogen-bond acceptors (Lipinski definition) is 3. The lowest BCUT2D eigenvalue weighted by Crippen LogP contribution is -1.99. The summed E-state index contributed by atoms with van der Waals surface area (Å²) >= 11 is 5.65. The van der Waals surface area contributed by atoms with Crippen LogP contribution in [0.3, 0.4) is 0 Å². The fourth-order valence-corrected chi connectivity index (χ4v) is 1.41. The van der Waals surface area contributed by atoms with Gasteiger partial charge in [-0.15, -0.1) is 0 Å². The normalized spacial score (nSPS) is 10.4. The van der Waals surface area contributed by atoms with E-state index in [2.05, 4.69) is 15.2 Å². The van der Waals surface area contributed by atoms with Crippen LogP contribution in [0.4, 0.5) is 4.39 Å². The van der Waals surface area contributed by atoms with Gasteiger partial charge in [0, 0.05) is 6.20 Å². The second-order valence-electron chi connectivity index (χ2n) is 2.96. The zero-order chi connectivity index (χ0) is 11.7. The van der Waals surface area contributed by atoms with Crippen molar-refractivity contribution in [2.75, 3.05) is 0 Å². The number of carboxylic acids is 1. The van der Waals surface area contributed by atoms with Gasteiger partial charge in [0.25, 0.3) is 0 Å². The minimum Gasteiger partial charge on any atom is -0.478 e. The van der Waals surface area contributed by atoms with E-state index >= 15 is 0 Å². The van der Waals surface area contributed by atoms with Gasteiger partial charge in [0.1, 0.15) is 5.56 Å². The molecule has 16 heavy (non-hydrogen) atoms. The summed E-state index contributed by atoms with van der Waals surface area (Å²) in [4.78, 5) is 14.2. The van der Waals surface area contributed by atoms with Gasteiger partial charge in [-0.2, -0.15) is 9.49 Å². The summed E-state index contributed by atoms with van der Waals surface area (Å²) in [5.41, 5.74) is -0.120. The Bertz CT molecular complexity index is 555. The van der Waals surface area contributed by atoms with Crippen molar-refractivity contribution in [1.82, 2.24) is 15.2 Å². The summed E-state index contributed by atoms with van der Waals surface area (Å²) in [5, 5.41) is 15.0. The molecule has 0 atom stereocenters. The molecule has 0 radical (unpaired) electrons. The zero-order valence-corrected chi connectivity index (χ0v) is 8.49. The summed E-state index contributed by atoms with van der Waals surface area (Å²) in [6.07, 6.45) is 2.23. The molecule has 0 unspecified atom stereocenters. The molecular weight excluding hydrogens is 237 g/mol. The topological polar surface area (TPSA) is 78.9 Å². The number of aromatic amines is 1. The van der Waals surface area contributed by atoms with Crippen molar-refractivity contribution >= 4 is 17.6 Å². The monoisotopic (exact) mass is 241 g/mol. The molecule has 82 valence electrons. The lowest BCUT2D eigenvalue weighted by Gasteiger charge is -2.01. The first-order chi connectivity index (χ1) is 7.59. The first-order valence-corrected chi connectivity index (χ1v) is 4.55. The lowest BCUT2D eigenvalue weighted by molar-refractivity contribution is 0.0698. The van der Waals surface area contributed by atoms with E-state index in [1.54, 1.807) is 0 Å². The second-order valence-corrected chi connectivity index (χ2v) is 3.39. The number of aromatic carboxylic acids is 1. The Morgan fingerprint density at radius 2 is 2.25 bits per heavy atom. The van der Waals surface area contributed by atoms with Crippen LogP contribution in [0.5, 0.6) is 0 Å². The molecule has 2 rings (SSSR count). The van der Waals surface area contributed by atoms with E-state index in [-0.39, 0.29) is 21.8 Å². The molecule has 0 bridgehead atoms. The van der Waals surface area contributed by atoms with Crippen LogP contribution in [0.1, 0.15) is 10.4 Å². The smallest absolute Gasteiger partial charge is 0.339 e. The summed E-state index contributed by atoms with van der Waals surface area (Å²) in [6.45, 7) is 0. The lowest BCUT2D eigenvalue weighted by atomic mass is 10.1. The summed E-state index contributed by atoms with van der Waals surface area (Å²) < 4.78 is 13.4. The Labute approximate surface area is 93.9 Å². The van der Waals surface area contributed by atoms with E-state index in [0.717, 1.165) is 12.4 Å². The van der Waals surface area contributed by atoms with E-state index in [1.165, 1.54) is 6.07 Å². The Morgan fingerprint density at radius 3 is 2.94 bits per heavy atom. The highest BCUT2D eigenvalue weighted by atomic mass is 35.5. The Balaban J connectivity index is 2.62. The standard InChI is InChI=1S/C9H5ClFN3O2/c10-4-1-5(8(11)12-2-4)7-6(9(15)16)3-13-14-7/h1-3H,(H,13,14)(H,15,16). The van der Waals surface area contributed by atoms with Gasteiger partial charge in [-0.1, -0.05) is 11.6 Å². The molecule has 0 aliphatic carbocycles. The molecule has 0 spiro atoms. The van der Waals surface area contributed by atoms with Gasteiger partial charge >= 0.3 is 5.97 Å². The highest BCUT2D eigenvalue weighted by molar-refractivity contribution is 6.30. The molecule has 7 heteroatoms. The van der Waals surface area contributed by atoms with Crippen molar-refractivity contribution in [1.29, 1.82) is 0 Å². The molecule has 0 saturated heterocycles. The number of nitrogens with one attached hydrogen (secondary N) is 1. The predicted octanol–water partition coefficient (Wildman–Crippen LogP) is 1.96. The molecule has 0 saturated carbocycles.